The van der Waals surface area contributed by atoms with Crippen molar-refractivity contribution in [1.29, 1.82) is 0 Å². The summed E-state index contributed by atoms with van der Waals surface area (Å²) in [6.07, 6.45) is 4.72. The molecule has 1 saturated heterocycles. The van der Waals surface area contributed by atoms with Crippen LogP contribution < -0.4 is 0 Å². The third-order valence-electron chi connectivity index (χ3n) is 3.85. The SMILES string of the molecule is COCCc1nc(CSc2ccncc2)n([C@@H]2CCS(=O)(=O)C2)n1. The summed E-state index contributed by atoms with van der Waals surface area (Å²) in [4.78, 5) is 9.70. The van der Waals surface area contributed by atoms with Crippen molar-refractivity contribution in [3.8, 4) is 0 Å². The average molecular weight is 368 g/mol. The van der Waals surface area contributed by atoms with Crippen LogP contribution in [0.25, 0.3) is 0 Å². The molecule has 2 aromatic rings. The molecule has 2 aromatic heterocycles. The van der Waals surface area contributed by atoms with Gasteiger partial charge in [-0.15, -0.1) is 11.8 Å². The lowest BCUT2D eigenvalue weighted by Crippen LogP contribution is -2.15. The highest BCUT2D eigenvalue weighted by Gasteiger charge is 2.31. The lowest BCUT2D eigenvalue weighted by atomic mass is 10.3. The van der Waals surface area contributed by atoms with E-state index in [-0.39, 0.29) is 17.5 Å². The highest BCUT2D eigenvalue weighted by molar-refractivity contribution is 7.98. The van der Waals surface area contributed by atoms with Crippen LogP contribution in [0.1, 0.15) is 24.1 Å². The Morgan fingerprint density at radius 1 is 1.38 bits per heavy atom. The van der Waals surface area contributed by atoms with E-state index in [1.54, 1.807) is 31.3 Å². The summed E-state index contributed by atoms with van der Waals surface area (Å²) in [5, 5.41) is 4.54. The Balaban J connectivity index is 1.78. The van der Waals surface area contributed by atoms with Gasteiger partial charge in [-0.25, -0.2) is 18.1 Å². The molecule has 0 bridgehead atoms. The topological polar surface area (TPSA) is 87.0 Å². The summed E-state index contributed by atoms with van der Waals surface area (Å²) in [6, 6.07) is 3.76. The second kappa shape index (κ2) is 7.62. The fraction of sp³-hybridized carbons (Fsp3) is 0.533. The normalized spacial score (nSPS) is 19.6. The Bertz CT molecular complexity index is 777. The van der Waals surface area contributed by atoms with E-state index < -0.39 is 9.84 Å². The fourth-order valence-electron chi connectivity index (χ4n) is 2.65. The molecule has 0 amide bonds. The lowest BCUT2D eigenvalue weighted by Gasteiger charge is -2.11. The van der Waals surface area contributed by atoms with Crippen LogP contribution >= 0.6 is 11.8 Å². The summed E-state index contributed by atoms with van der Waals surface area (Å²) >= 11 is 1.64. The van der Waals surface area contributed by atoms with E-state index in [2.05, 4.69) is 15.1 Å². The van der Waals surface area contributed by atoms with E-state index in [0.29, 0.717) is 31.0 Å². The molecular weight excluding hydrogens is 348 g/mol. The first kappa shape index (κ1) is 17.4. The molecule has 9 heteroatoms. The van der Waals surface area contributed by atoms with Gasteiger partial charge in [0, 0.05) is 30.8 Å². The van der Waals surface area contributed by atoms with Crippen molar-refractivity contribution in [3.63, 3.8) is 0 Å². The first-order valence-corrected chi connectivity index (χ1v) is 10.5. The quantitative estimate of drug-likeness (QED) is 0.685. The smallest absolute Gasteiger partial charge is 0.153 e. The molecule has 24 heavy (non-hydrogen) atoms. The zero-order valence-corrected chi connectivity index (χ0v) is 15.1. The van der Waals surface area contributed by atoms with Gasteiger partial charge in [0.15, 0.2) is 15.7 Å². The highest BCUT2D eigenvalue weighted by Crippen LogP contribution is 2.27. The lowest BCUT2D eigenvalue weighted by molar-refractivity contribution is 0.200. The number of methoxy groups -OCH3 is 1. The van der Waals surface area contributed by atoms with Crippen molar-refractivity contribution in [2.24, 2.45) is 0 Å². The molecule has 7 nitrogen and oxygen atoms in total. The van der Waals surface area contributed by atoms with Crippen LogP contribution in [0, 0.1) is 0 Å². The molecule has 0 N–H and O–H groups in total. The molecule has 0 radical (unpaired) electrons. The molecule has 0 unspecified atom stereocenters. The summed E-state index contributed by atoms with van der Waals surface area (Å²) in [6.45, 7) is 0.546. The minimum absolute atomic E-state index is 0.119. The monoisotopic (exact) mass is 368 g/mol. The molecule has 1 aliphatic heterocycles. The van der Waals surface area contributed by atoms with Crippen LogP contribution in [0.3, 0.4) is 0 Å². The summed E-state index contributed by atoms with van der Waals surface area (Å²) in [7, 11) is -1.32. The van der Waals surface area contributed by atoms with Gasteiger partial charge in [-0.2, -0.15) is 5.10 Å². The molecular formula is C15H20N4O3S2. The summed E-state index contributed by atoms with van der Waals surface area (Å²) in [5.74, 6) is 2.52. The van der Waals surface area contributed by atoms with E-state index in [9.17, 15) is 8.42 Å². The Kier molecular flexibility index (Phi) is 5.52. The Morgan fingerprint density at radius 3 is 2.83 bits per heavy atom. The van der Waals surface area contributed by atoms with Gasteiger partial charge in [0.2, 0.25) is 0 Å². The van der Waals surface area contributed by atoms with Gasteiger partial charge < -0.3 is 4.74 Å². The van der Waals surface area contributed by atoms with Gasteiger partial charge in [0.1, 0.15) is 5.82 Å². The molecule has 3 rings (SSSR count). The molecule has 0 aliphatic carbocycles. The number of nitrogens with zero attached hydrogens (tertiary/aromatic N) is 4. The van der Waals surface area contributed by atoms with Gasteiger partial charge in [-0.1, -0.05) is 0 Å². The third-order valence-corrected chi connectivity index (χ3v) is 6.61. The predicted molar refractivity (Wildman–Crippen MR) is 91.7 cm³/mol. The Morgan fingerprint density at radius 2 is 2.17 bits per heavy atom. The molecule has 130 valence electrons. The first-order chi connectivity index (χ1) is 11.6. The van der Waals surface area contributed by atoms with Crippen molar-refractivity contribution in [2.75, 3.05) is 25.2 Å². The van der Waals surface area contributed by atoms with Crippen LogP contribution in [0.5, 0.6) is 0 Å². The van der Waals surface area contributed by atoms with Crippen LogP contribution in [-0.4, -0.2) is 53.4 Å². The van der Waals surface area contributed by atoms with Crippen molar-refractivity contribution >= 4 is 21.6 Å². The maximum atomic E-state index is 11.8. The number of rotatable bonds is 7. The fourth-order valence-corrected chi connectivity index (χ4v) is 5.14. The standard InChI is InChI=1S/C15H20N4O3S2/c1-22-8-4-14-17-15(10-23-13-2-6-16-7-3-13)19(18-14)12-5-9-24(20,21)11-12/h2-3,6-7,12H,4-5,8-11H2,1H3/t12-/m1/s1. The minimum Gasteiger partial charge on any atom is -0.384 e. The minimum atomic E-state index is -2.96. The van der Waals surface area contributed by atoms with Gasteiger partial charge in [0.05, 0.1) is 29.9 Å². The van der Waals surface area contributed by atoms with Gasteiger partial charge >= 0.3 is 0 Å². The van der Waals surface area contributed by atoms with Gasteiger partial charge in [-0.05, 0) is 18.6 Å². The Labute approximate surface area is 145 Å². The first-order valence-electron chi connectivity index (χ1n) is 7.74. The molecule has 0 spiro atoms. The number of hydrogen-bond donors (Lipinski definition) is 0. The number of sulfone groups is 1. The number of pyridine rings is 1. The van der Waals surface area contributed by atoms with E-state index in [0.717, 1.165) is 10.7 Å². The average Bonchev–Trinajstić information content (AvgIpc) is 3.14. The maximum absolute atomic E-state index is 11.8. The molecule has 3 heterocycles. The van der Waals surface area contributed by atoms with Crippen LogP contribution in [-0.2, 0) is 26.7 Å². The van der Waals surface area contributed by atoms with Gasteiger partial charge in [-0.3, -0.25) is 4.98 Å². The molecule has 1 fully saturated rings. The van der Waals surface area contributed by atoms with Crippen LogP contribution in [0.4, 0.5) is 0 Å². The molecule has 0 saturated carbocycles. The molecule has 0 aromatic carbocycles. The highest BCUT2D eigenvalue weighted by atomic mass is 32.2. The van der Waals surface area contributed by atoms with E-state index in [1.807, 2.05) is 16.8 Å². The van der Waals surface area contributed by atoms with Gasteiger partial charge in [0.25, 0.3) is 0 Å². The van der Waals surface area contributed by atoms with Crippen molar-refractivity contribution in [2.45, 2.75) is 29.5 Å². The van der Waals surface area contributed by atoms with E-state index in [1.165, 1.54) is 0 Å². The van der Waals surface area contributed by atoms with E-state index >= 15 is 0 Å². The zero-order valence-electron chi connectivity index (χ0n) is 13.5. The number of aromatic nitrogens is 4. The summed E-state index contributed by atoms with van der Waals surface area (Å²) < 4.78 is 30.5. The third kappa shape index (κ3) is 4.34. The van der Waals surface area contributed by atoms with Crippen molar-refractivity contribution < 1.29 is 13.2 Å². The predicted octanol–water partition coefficient (Wildman–Crippen LogP) is 1.51. The van der Waals surface area contributed by atoms with Crippen LogP contribution in [0.2, 0.25) is 0 Å². The summed E-state index contributed by atoms with van der Waals surface area (Å²) in [5.41, 5.74) is 0. The van der Waals surface area contributed by atoms with Crippen LogP contribution in [0.15, 0.2) is 29.4 Å². The van der Waals surface area contributed by atoms with Crippen molar-refractivity contribution in [3.05, 3.63) is 36.2 Å². The molecule has 1 aliphatic rings. The number of hydrogen-bond acceptors (Lipinski definition) is 7. The zero-order chi connectivity index (χ0) is 17.0. The second-order valence-corrected chi connectivity index (χ2v) is 8.94. The number of ether oxygens (including phenoxy) is 1. The number of thioether (sulfide) groups is 1. The van der Waals surface area contributed by atoms with Crippen molar-refractivity contribution in [1.82, 2.24) is 19.7 Å². The Hall–Kier alpha value is -1.45. The maximum Gasteiger partial charge on any atom is 0.153 e. The molecule has 1 atom stereocenters. The second-order valence-electron chi connectivity index (χ2n) is 5.66. The largest absolute Gasteiger partial charge is 0.384 e. The van der Waals surface area contributed by atoms with E-state index in [4.69, 9.17) is 4.74 Å².